The van der Waals surface area contributed by atoms with E-state index < -0.39 is 29.8 Å². The molecule has 2 N–H and O–H groups in total. The Bertz CT molecular complexity index is 695. The Morgan fingerprint density at radius 3 is 2.86 bits per heavy atom. The van der Waals surface area contributed by atoms with Gasteiger partial charge in [-0.15, -0.1) is 0 Å². The van der Waals surface area contributed by atoms with E-state index in [2.05, 4.69) is 24.1 Å². The van der Waals surface area contributed by atoms with Crippen LogP contribution in [0.15, 0.2) is 12.3 Å². The van der Waals surface area contributed by atoms with Crippen molar-refractivity contribution in [3.8, 4) is 11.5 Å². The first kappa shape index (κ1) is 22.9. The van der Waals surface area contributed by atoms with Gasteiger partial charge >= 0.3 is 5.97 Å². The monoisotopic (exact) mass is 410 g/mol. The first-order valence-corrected chi connectivity index (χ1v) is 9.74. The molecular formula is C20H30N2O7. The summed E-state index contributed by atoms with van der Waals surface area (Å²) < 4.78 is 21.9. The normalized spacial score (nSPS) is 22.9. The average molecular weight is 410 g/mol. The summed E-state index contributed by atoms with van der Waals surface area (Å²) in [5.41, 5.74) is -0.250. The third-order valence-corrected chi connectivity index (χ3v) is 4.46. The predicted octanol–water partition coefficient (Wildman–Crippen LogP) is 1.68. The number of ether oxygens (including phenoxy) is 4. The number of carbonyl (C=O) groups is 2. The molecule has 9 heteroatoms. The van der Waals surface area contributed by atoms with E-state index in [1.807, 2.05) is 0 Å². The lowest BCUT2D eigenvalue weighted by molar-refractivity contribution is -0.151. The molecule has 29 heavy (non-hydrogen) atoms. The molecule has 0 spiro atoms. The second-order valence-electron chi connectivity index (χ2n) is 7.43. The summed E-state index contributed by atoms with van der Waals surface area (Å²) in [6.45, 7) is 6.83. The maximum absolute atomic E-state index is 12.5. The van der Waals surface area contributed by atoms with Crippen LogP contribution in [0.2, 0.25) is 0 Å². The van der Waals surface area contributed by atoms with Crippen LogP contribution < -0.4 is 10.1 Å². The molecule has 1 aromatic heterocycles. The number of amides is 1. The molecule has 2 unspecified atom stereocenters. The number of hydrogen-bond acceptors (Lipinski definition) is 8. The molecule has 2 rings (SSSR count). The van der Waals surface area contributed by atoms with E-state index in [0.717, 1.165) is 6.42 Å². The smallest absolute Gasteiger partial charge is 0.331 e. The number of nitrogens with one attached hydrogen (secondary N) is 1. The van der Waals surface area contributed by atoms with Crippen LogP contribution in [0.4, 0.5) is 0 Å². The summed E-state index contributed by atoms with van der Waals surface area (Å²) in [6.07, 6.45) is 2.17. The second-order valence-corrected chi connectivity index (χ2v) is 7.43. The average Bonchev–Trinajstić information content (AvgIpc) is 2.71. The van der Waals surface area contributed by atoms with Gasteiger partial charge in [0.05, 0.1) is 26.4 Å². The Hall–Kier alpha value is -2.39. The van der Waals surface area contributed by atoms with Gasteiger partial charge < -0.3 is 29.4 Å². The number of methoxy groups -OCH3 is 1. The molecule has 0 aliphatic carbocycles. The van der Waals surface area contributed by atoms with Gasteiger partial charge in [-0.05, 0) is 19.3 Å². The maximum atomic E-state index is 12.5. The summed E-state index contributed by atoms with van der Waals surface area (Å²) in [6, 6.07) is 0.386. The first-order valence-electron chi connectivity index (χ1n) is 9.74. The molecule has 9 nitrogen and oxygen atoms in total. The number of aromatic hydroxyl groups is 1. The number of carbonyl (C=O) groups excluding carboxylic acids is 2. The number of rotatable bonds is 7. The standard InChI is InChI=1S/C20H30N2O7/c1-12(2)6-8-28-14-9-13(3)29-20(25)15(11-27-10-14)22-19(24)17-18(23)16(26-4)5-7-21-17/h5,7,12-15,23H,6,8-11H2,1-4H3,(H,22,24)/t13?,14?,15-/m0/s1. The van der Waals surface area contributed by atoms with Crippen molar-refractivity contribution in [1.82, 2.24) is 10.3 Å². The minimum absolute atomic E-state index is 0.0773. The third kappa shape index (κ3) is 6.86. The lowest BCUT2D eigenvalue weighted by Gasteiger charge is -2.20. The Balaban J connectivity index is 2.01. The zero-order chi connectivity index (χ0) is 21.4. The van der Waals surface area contributed by atoms with Crippen LogP contribution in [0.5, 0.6) is 11.5 Å². The van der Waals surface area contributed by atoms with E-state index in [1.54, 1.807) is 6.92 Å². The Morgan fingerprint density at radius 1 is 1.41 bits per heavy atom. The van der Waals surface area contributed by atoms with Gasteiger partial charge in [-0.1, -0.05) is 13.8 Å². The molecule has 2 heterocycles. The zero-order valence-electron chi connectivity index (χ0n) is 17.3. The van der Waals surface area contributed by atoms with Gasteiger partial charge in [0.2, 0.25) is 0 Å². The van der Waals surface area contributed by atoms with Crippen LogP contribution in [0, 0.1) is 5.92 Å². The van der Waals surface area contributed by atoms with Gasteiger partial charge in [-0.25, -0.2) is 9.78 Å². The molecule has 1 aliphatic rings. The van der Waals surface area contributed by atoms with Gasteiger partial charge in [0.15, 0.2) is 23.2 Å². The molecular weight excluding hydrogens is 380 g/mol. The summed E-state index contributed by atoms with van der Waals surface area (Å²) in [7, 11) is 1.36. The third-order valence-electron chi connectivity index (χ3n) is 4.46. The van der Waals surface area contributed by atoms with Crippen LogP contribution in [-0.4, -0.2) is 67.1 Å². The highest BCUT2D eigenvalue weighted by Crippen LogP contribution is 2.27. The van der Waals surface area contributed by atoms with Crippen molar-refractivity contribution in [3.05, 3.63) is 18.0 Å². The van der Waals surface area contributed by atoms with Crippen LogP contribution in [0.25, 0.3) is 0 Å². The minimum Gasteiger partial charge on any atom is -0.503 e. The lowest BCUT2D eigenvalue weighted by Crippen LogP contribution is -2.45. The molecule has 1 amide bonds. The SMILES string of the molecule is COc1ccnc(C(=O)N[C@H]2COCC(OCCC(C)C)CC(C)OC2=O)c1O. The molecule has 1 saturated heterocycles. The van der Waals surface area contributed by atoms with Gasteiger partial charge in [-0.2, -0.15) is 0 Å². The Kier molecular flexibility index (Phi) is 8.66. The second kappa shape index (κ2) is 11.0. The number of pyridine rings is 1. The van der Waals surface area contributed by atoms with E-state index in [9.17, 15) is 14.7 Å². The highest BCUT2D eigenvalue weighted by atomic mass is 16.6. The quantitative estimate of drug-likeness (QED) is 0.652. The topological polar surface area (TPSA) is 116 Å². The van der Waals surface area contributed by atoms with Crippen molar-refractivity contribution in [2.45, 2.75) is 51.9 Å². The summed E-state index contributed by atoms with van der Waals surface area (Å²) >= 11 is 0. The van der Waals surface area contributed by atoms with Crippen LogP contribution in [-0.2, 0) is 19.0 Å². The Labute approximate surface area is 170 Å². The highest BCUT2D eigenvalue weighted by molar-refractivity contribution is 5.98. The van der Waals surface area contributed by atoms with Crippen LogP contribution >= 0.6 is 0 Å². The summed E-state index contributed by atoms with van der Waals surface area (Å²) in [5.74, 6) is -1.12. The molecule has 0 aromatic carbocycles. The molecule has 0 saturated carbocycles. The molecule has 3 atom stereocenters. The van der Waals surface area contributed by atoms with Crippen molar-refractivity contribution >= 4 is 11.9 Å². The van der Waals surface area contributed by atoms with E-state index in [-0.39, 0.29) is 30.8 Å². The fraction of sp³-hybridized carbons (Fsp3) is 0.650. The number of aromatic nitrogens is 1. The van der Waals surface area contributed by atoms with Crippen molar-refractivity contribution in [3.63, 3.8) is 0 Å². The lowest BCUT2D eigenvalue weighted by atomic mass is 10.1. The number of nitrogens with zero attached hydrogens (tertiary/aromatic N) is 1. The molecule has 1 aliphatic heterocycles. The van der Waals surface area contributed by atoms with Crippen molar-refractivity contribution in [1.29, 1.82) is 0 Å². The van der Waals surface area contributed by atoms with Crippen molar-refractivity contribution in [2.24, 2.45) is 5.92 Å². The minimum atomic E-state index is -1.04. The highest BCUT2D eigenvalue weighted by Gasteiger charge is 2.30. The van der Waals surface area contributed by atoms with Crippen LogP contribution in [0.3, 0.4) is 0 Å². The number of hydrogen-bond donors (Lipinski definition) is 2. The van der Waals surface area contributed by atoms with Crippen LogP contribution in [0.1, 0.15) is 44.1 Å². The van der Waals surface area contributed by atoms with E-state index in [0.29, 0.717) is 18.9 Å². The van der Waals surface area contributed by atoms with Crippen molar-refractivity contribution in [2.75, 3.05) is 26.9 Å². The predicted molar refractivity (Wildman–Crippen MR) is 104 cm³/mol. The summed E-state index contributed by atoms with van der Waals surface area (Å²) in [5, 5.41) is 12.6. The van der Waals surface area contributed by atoms with Gasteiger partial charge in [0.1, 0.15) is 6.10 Å². The van der Waals surface area contributed by atoms with Gasteiger partial charge in [0, 0.05) is 25.3 Å². The van der Waals surface area contributed by atoms with E-state index in [1.165, 1.54) is 19.4 Å². The summed E-state index contributed by atoms with van der Waals surface area (Å²) in [4.78, 5) is 28.8. The fourth-order valence-electron chi connectivity index (χ4n) is 2.83. The van der Waals surface area contributed by atoms with E-state index in [4.69, 9.17) is 18.9 Å². The fourth-order valence-corrected chi connectivity index (χ4v) is 2.83. The molecule has 1 aromatic rings. The maximum Gasteiger partial charge on any atom is 0.331 e. The number of cyclic esters (lactones) is 1. The van der Waals surface area contributed by atoms with Gasteiger partial charge in [-0.3, -0.25) is 4.79 Å². The zero-order valence-corrected chi connectivity index (χ0v) is 17.3. The molecule has 162 valence electrons. The molecule has 1 fully saturated rings. The van der Waals surface area contributed by atoms with E-state index >= 15 is 0 Å². The number of esters is 1. The van der Waals surface area contributed by atoms with Gasteiger partial charge in [0.25, 0.3) is 5.91 Å². The molecule has 0 radical (unpaired) electrons. The van der Waals surface area contributed by atoms with Crippen molar-refractivity contribution < 1.29 is 33.6 Å². The largest absolute Gasteiger partial charge is 0.503 e. The first-order chi connectivity index (χ1) is 13.8. The molecule has 0 bridgehead atoms. The Morgan fingerprint density at radius 2 is 2.17 bits per heavy atom.